The van der Waals surface area contributed by atoms with Crippen molar-refractivity contribution in [1.82, 2.24) is 9.88 Å². The second kappa shape index (κ2) is 7.17. The summed E-state index contributed by atoms with van der Waals surface area (Å²) in [7, 11) is 0. The van der Waals surface area contributed by atoms with Crippen LogP contribution in [0.3, 0.4) is 0 Å². The number of nitriles is 1. The van der Waals surface area contributed by atoms with Crippen molar-refractivity contribution >= 4 is 11.7 Å². The molecule has 4 rings (SSSR count). The van der Waals surface area contributed by atoms with E-state index in [1.807, 2.05) is 23.1 Å². The first-order chi connectivity index (χ1) is 12.8. The number of aromatic nitrogens is 1. The fourth-order valence-electron chi connectivity index (χ4n) is 3.86. The van der Waals surface area contributed by atoms with E-state index >= 15 is 0 Å². The maximum atomic E-state index is 12.9. The van der Waals surface area contributed by atoms with Gasteiger partial charge in [0.05, 0.1) is 5.56 Å². The van der Waals surface area contributed by atoms with Crippen LogP contribution >= 0.6 is 0 Å². The maximum absolute atomic E-state index is 12.9. The van der Waals surface area contributed by atoms with E-state index in [-0.39, 0.29) is 11.8 Å². The van der Waals surface area contributed by atoms with Gasteiger partial charge in [-0.25, -0.2) is 4.98 Å². The Kier molecular flexibility index (Phi) is 4.57. The summed E-state index contributed by atoms with van der Waals surface area (Å²) in [5.41, 5.74) is 1.87. The third-order valence-corrected chi connectivity index (χ3v) is 5.35. The Morgan fingerprint density at radius 1 is 1.08 bits per heavy atom. The molecule has 0 bridgehead atoms. The molecule has 1 aliphatic heterocycles. The Labute approximate surface area is 153 Å². The molecule has 5 heteroatoms. The molecule has 2 heterocycles. The van der Waals surface area contributed by atoms with E-state index in [2.05, 4.69) is 28.1 Å². The summed E-state index contributed by atoms with van der Waals surface area (Å²) in [6, 6.07) is 16.1. The van der Waals surface area contributed by atoms with Crippen LogP contribution in [0.4, 0.5) is 5.82 Å². The molecule has 1 aromatic carbocycles. The fraction of sp³-hybridized carbons (Fsp3) is 0.381. The van der Waals surface area contributed by atoms with Crippen LogP contribution in [0.1, 0.15) is 29.9 Å². The summed E-state index contributed by atoms with van der Waals surface area (Å²) in [6.45, 7) is 3.02. The number of hydrogen-bond donors (Lipinski definition) is 0. The van der Waals surface area contributed by atoms with E-state index in [9.17, 15) is 10.1 Å². The molecule has 1 saturated carbocycles. The Hall–Kier alpha value is -2.87. The van der Waals surface area contributed by atoms with E-state index < -0.39 is 0 Å². The first-order valence-corrected chi connectivity index (χ1v) is 9.21. The summed E-state index contributed by atoms with van der Waals surface area (Å²) in [6.07, 6.45) is 3.58. The van der Waals surface area contributed by atoms with E-state index in [0.29, 0.717) is 18.0 Å². The zero-order chi connectivity index (χ0) is 17.9. The average Bonchev–Trinajstić information content (AvgIpc) is 3.52. The fourth-order valence-corrected chi connectivity index (χ4v) is 3.86. The molecule has 2 aliphatic rings. The highest BCUT2D eigenvalue weighted by atomic mass is 16.2. The molecular weight excluding hydrogens is 324 g/mol. The van der Waals surface area contributed by atoms with Crippen molar-refractivity contribution in [2.75, 3.05) is 31.1 Å². The van der Waals surface area contributed by atoms with Crippen molar-refractivity contribution < 1.29 is 4.79 Å². The number of rotatable bonds is 3. The summed E-state index contributed by atoms with van der Waals surface area (Å²) in [4.78, 5) is 21.4. The Morgan fingerprint density at radius 2 is 1.92 bits per heavy atom. The van der Waals surface area contributed by atoms with Gasteiger partial charge >= 0.3 is 0 Å². The largest absolute Gasteiger partial charge is 0.354 e. The third-order valence-electron chi connectivity index (χ3n) is 5.35. The zero-order valence-corrected chi connectivity index (χ0v) is 14.7. The molecule has 5 nitrogen and oxygen atoms in total. The van der Waals surface area contributed by atoms with Crippen LogP contribution in [-0.4, -0.2) is 42.0 Å². The van der Waals surface area contributed by atoms with Gasteiger partial charge in [0.25, 0.3) is 0 Å². The van der Waals surface area contributed by atoms with Gasteiger partial charge < -0.3 is 9.80 Å². The topological polar surface area (TPSA) is 60.2 Å². The first-order valence-electron chi connectivity index (χ1n) is 9.21. The van der Waals surface area contributed by atoms with Gasteiger partial charge in [-0.2, -0.15) is 5.26 Å². The summed E-state index contributed by atoms with van der Waals surface area (Å²) in [5.74, 6) is 1.53. The molecule has 1 aromatic heterocycles. The number of anilines is 1. The highest BCUT2D eigenvalue weighted by Crippen LogP contribution is 2.48. The second-order valence-corrected chi connectivity index (χ2v) is 7.01. The molecule has 2 fully saturated rings. The van der Waals surface area contributed by atoms with Crippen LogP contribution in [0.25, 0.3) is 0 Å². The summed E-state index contributed by atoms with van der Waals surface area (Å²) in [5, 5.41) is 9.30. The lowest BCUT2D eigenvalue weighted by Crippen LogP contribution is -2.36. The van der Waals surface area contributed by atoms with Crippen molar-refractivity contribution in [3.8, 4) is 6.07 Å². The molecule has 0 N–H and O–H groups in total. The van der Waals surface area contributed by atoms with Gasteiger partial charge in [-0.15, -0.1) is 0 Å². The number of hydrogen-bond acceptors (Lipinski definition) is 4. The highest BCUT2D eigenvalue weighted by Gasteiger charge is 2.45. The molecule has 2 atom stereocenters. The molecule has 0 radical (unpaired) electrons. The monoisotopic (exact) mass is 346 g/mol. The number of nitrogens with zero attached hydrogens (tertiary/aromatic N) is 4. The first kappa shape index (κ1) is 16.6. The normalized spacial score (nSPS) is 22.4. The third kappa shape index (κ3) is 3.28. The molecule has 1 amide bonds. The standard InChI is InChI=1S/C21H22N4O/c22-15-17-8-4-9-23-20(17)24-10-5-11-25(13-12-24)21(26)19-14-18(19)16-6-2-1-3-7-16/h1-4,6-9,18-19H,5,10-14H2. The highest BCUT2D eigenvalue weighted by molar-refractivity contribution is 5.83. The van der Waals surface area contributed by atoms with Crippen molar-refractivity contribution in [3.63, 3.8) is 0 Å². The van der Waals surface area contributed by atoms with Crippen molar-refractivity contribution in [2.45, 2.75) is 18.8 Å². The quantitative estimate of drug-likeness (QED) is 0.857. The molecule has 0 spiro atoms. The lowest BCUT2D eigenvalue weighted by molar-refractivity contribution is -0.132. The lowest BCUT2D eigenvalue weighted by Gasteiger charge is -2.23. The minimum Gasteiger partial charge on any atom is -0.354 e. The van der Waals surface area contributed by atoms with E-state index in [0.717, 1.165) is 38.3 Å². The maximum Gasteiger partial charge on any atom is 0.226 e. The Morgan fingerprint density at radius 3 is 2.73 bits per heavy atom. The van der Waals surface area contributed by atoms with Crippen LogP contribution in [0.5, 0.6) is 0 Å². The molecule has 26 heavy (non-hydrogen) atoms. The smallest absolute Gasteiger partial charge is 0.226 e. The summed E-state index contributed by atoms with van der Waals surface area (Å²) < 4.78 is 0. The van der Waals surface area contributed by atoms with Gasteiger partial charge in [-0.1, -0.05) is 30.3 Å². The molecular formula is C21H22N4O. The van der Waals surface area contributed by atoms with Crippen LogP contribution in [0.15, 0.2) is 48.7 Å². The second-order valence-electron chi connectivity index (χ2n) is 7.01. The van der Waals surface area contributed by atoms with Crippen molar-refractivity contribution in [2.24, 2.45) is 5.92 Å². The van der Waals surface area contributed by atoms with Gasteiger partial charge in [0.1, 0.15) is 11.9 Å². The van der Waals surface area contributed by atoms with Crippen LogP contribution in [0.2, 0.25) is 0 Å². The van der Waals surface area contributed by atoms with Crippen molar-refractivity contribution in [3.05, 3.63) is 59.8 Å². The van der Waals surface area contributed by atoms with Crippen molar-refractivity contribution in [1.29, 1.82) is 5.26 Å². The molecule has 2 unspecified atom stereocenters. The summed E-state index contributed by atoms with van der Waals surface area (Å²) >= 11 is 0. The van der Waals surface area contributed by atoms with E-state index in [1.165, 1.54) is 5.56 Å². The van der Waals surface area contributed by atoms with Crippen LogP contribution in [0, 0.1) is 17.2 Å². The van der Waals surface area contributed by atoms with Gasteiger partial charge in [-0.05, 0) is 36.5 Å². The minimum absolute atomic E-state index is 0.133. The van der Waals surface area contributed by atoms with Gasteiger partial charge in [0.2, 0.25) is 5.91 Å². The van der Waals surface area contributed by atoms with Gasteiger partial charge in [0.15, 0.2) is 0 Å². The SMILES string of the molecule is N#Cc1cccnc1N1CCCN(C(=O)C2CC2c2ccccc2)CC1. The lowest BCUT2D eigenvalue weighted by atomic mass is 10.1. The minimum atomic E-state index is 0.133. The van der Waals surface area contributed by atoms with Gasteiger partial charge in [-0.3, -0.25) is 4.79 Å². The van der Waals surface area contributed by atoms with Crippen LogP contribution in [-0.2, 0) is 4.79 Å². The molecule has 132 valence electrons. The number of benzene rings is 1. The number of carbonyl (C=O) groups is 1. The van der Waals surface area contributed by atoms with Gasteiger partial charge in [0, 0.05) is 38.3 Å². The van der Waals surface area contributed by atoms with E-state index in [4.69, 9.17) is 0 Å². The van der Waals surface area contributed by atoms with E-state index in [1.54, 1.807) is 18.3 Å². The number of carbonyl (C=O) groups excluding carboxylic acids is 1. The predicted molar refractivity (Wildman–Crippen MR) is 99.7 cm³/mol. The molecule has 2 aromatic rings. The Bertz CT molecular complexity index is 829. The van der Waals surface area contributed by atoms with Crippen LogP contribution < -0.4 is 4.90 Å². The zero-order valence-electron chi connectivity index (χ0n) is 14.7. The Balaban J connectivity index is 1.40. The predicted octanol–water partition coefficient (Wildman–Crippen LogP) is 2.80. The number of pyridine rings is 1. The molecule has 1 saturated heterocycles. The average molecular weight is 346 g/mol. The molecule has 1 aliphatic carbocycles. The number of amides is 1.